The molecule has 0 spiro atoms. The predicted octanol–water partition coefficient (Wildman–Crippen LogP) is 6.69. The lowest BCUT2D eigenvalue weighted by Gasteiger charge is -2.32. The van der Waals surface area contributed by atoms with E-state index in [1.807, 2.05) is 6.08 Å². The number of rotatable bonds is 6. The van der Waals surface area contributed by atoms with E-state index in [0.717, 1.165) is 12.2 Å². The van der Waals surface area contributed by atoms with Crippen LogP contribution >= 0.6 is 0 Å². The Morgan fingerprint density at radius 2 is 1.74 bits per heavy atom. The minimum atomic E-state index is -1.55. The van der Waals surface area contributed by atoms with Gasteiger partial charge in [-0.3, -0.25) is 0 Å². The van der Waals surface area contributed by atoms with Gasteiger partial charge in [-0.15, -0.1) is 0 Å². The van der Waals surface area contributed by atoms with Gasteiger partial charge in [0.1, 0.15) is 12.4 Å². The van der Waals surface area contributed by atoms with Crippen LogP contribution in [-0.2, 0) is 5.41 Å². The molecule has 2 rings (SSSR count). The van der Waals surface area contributed by atoms with Crippen molar-refractivity contribution in [3.63, 3.8) is 0 Å². The van der Waals surface area contributed by atoms with E-state index in [9.17, 15) is 0 Å². The quantitative estimate of drug-likeness (QED) is 0.393. The van der Waals surface area contributed by atoms with Gasteiger partial charge in [0, 0.05) is 11.0 Å². The van der Waals surface area contributed by atoms with Crippen LogP contribution in [0.15, 0.2) is 48.1 Å². The van der Waals surface area contributed by atoms with Crippen LogP contribution in [-0.4, -0.2) is 14.7 Å². The number of ether oxygens (including phenoxy) is 1. The maximum atomic E-state index is 6.31. The molecule has 27 heavy (non-hydrogen) atoms. The summed E-state index contributed by atoms with van der Waals surface area (Å²) in [6, 6.07) is 4.66. The molecule has 1 aliphatic rings. The molecule has 1 nitrogen and oxygen atoms in total. The van der Waals surface area contributed by atoms with E-state index in [2.05, 4.69) is 92.0 Å². The molecule has 0 aliphatic heterocycles. The number of hydrogen-bond donors (Lipinski definition) is 0. The number of aryl methyl sites for hydroxylation is 1. The second-order valence-electron chi connectivity index (χ2n) is 10.4. The Kier molecular flexibility index (Phi) is 6.01. The Balaban J connectivity index is 2.64. The summed E-state index contributed by atoms with van der Waals surface area (Å²) in [7, 11) is -1.55. The first-order valence-corrected chi connectivity index (χ1v) is 13.6. The van der Waals surface area contributed by atoms with Crippen molar-refractivity contribution < 1.29 is 4.74 Å². The third-order valence-electron chi connectivity index (χ3n) is 5.62. The highest BCUT2D eigenvalue weighted by Crippen LogP contribution is 2.44. The summed E-state index contributed by atoms with van der Waals surface area (Å²) in [5, 5.41) is 1.41. The summed E-state index contributed by atoms with van der Waals surface area (Å²) in [5.74, 6) is 1.09. The van der Waals surface area contributed by atoms with Gasteiger partial charge in [0.25, 0.3) is 0 Å². The molecule has 1 aromatic rings. The molecule has 0 N–H and O–H groups in total. The van der Waals surface area contributed by atoms with Crippen molar-refractivity contribution in [2.75, 3.05) is 6.61 Å². The minimum absolute atomic E-state index is 0.0933. The standard InChI is InChI=1S/C25H38OSi/c1-11-14-26-23-21(15-18(2)16-22(23)27(8,9)10)25(6,7)20-13-12-19(17-20)24(3,4)5/h11,13,15-17H,1,12,14H2,2-10H3. The van der Waals surface area contributed by atoms with Crippen LogP contribution in [0.2, 0.25) is 19.6 Å². The highest BCUT2D eigenvalue weighted by Gasteiger charge is 2.34. The first-order valence-electron chi connectivity index (χ1n) is 10.1. The van der Waals surface area contributed by atoms with Crippen LogP contribution in [0, 0.1) is 12.3 Å². The Labute approximate surface area is 168 Å². The Morgan fingerprint density at radius 1 is 1.11 bits per heavy atom. The van der Waals surface area contributed by atoms with Gasteiger partial charge in [-0.1, -0.05) is 102 Å². The number of hydrogen-bond acceptors (Lipinski definition) is 1. The van der Waals surface area contributed by atoms with Gasteiger partial charge >= 0.3 is 0 Å². The molecule has 0 radical (unpaired) electrons. The van der Waals surface area contributed by atoms with E-state index in [0.29, 0.717) is 6.61 Å². The molecule has 0 unspecified atom stereocenters. The normalized spacial score (nSPS) is 15.4. The second-order valence-corrected chi connectivity index (χ2v) is 15.5. The predicted molar refractivity (Wildman–Crippen MR) is 123 cm³/mol. The summed E-state index contributed by atoms with van der Waals surface area (Å²) < 4.78 is 6.31. The topological polar surface area (TPSA) is 9.23 Å². The lowest BCUT2D eigenvalue weighted by molar-refractivity contribution is 0.356. The van der Waals surface area contributed by atoms with E-state index in [1.54, 1.807) is 0 Å². The van der Waals surface area contributed by atoms with Crippen molar-refractivity contribution in [3.05, 3.63) is 59.2 Å². The smallest absolute Gasteiger partial charge is 0.123 e. The zero-order chi connectivity index (χ0) is 20.6. The summed E-state index contributed by atoms with van der Waals surface area (Å²) >= 11 is 0. The molecule has 0 saturated heterocycles. The molecule has 148 valence electrons. The molecule has 2 heteroatoms. The average Bonchev–Trinajstić information content (AvgIpc) is 3.03. The molecular weight excluding hydrogens is 344 g/mol. The lowest BCUT2D eigenvalue weighted by atomic mass is 9.76. The van der Waals surface area contributed by atoms with Crippen LogP contribution < -0.4 is 9.92 Å². The monoisotopic (exact) mass is 382 g/mol. The molecule has 0 bridgehead atoms. The summed E-state index contributed by atoms with van der Waals surface area (Å²) in [5.41, 5.74) is 5.66. The summed E-state index contributed by atoms with van der Waals surface area (Å²) in [4.78, 5) is 0. The minimum Gasteiger partial charge on any atom is -0.489 e. The van der Waals surface area contributed by atoms with Crippen LogP contribution in [0.4, 0.5) is 0 Å². The highest BCUT2D eigenvalue weighted by molar-refractivity contribution is 6.89. The first-order chi connectivity index (χ1) is 12.3. The van der Waals surface area contributed by atoms with Crippen LogP contribution in [0.1, 0.15) is 52.2 Å². The largest absolute Gasteiger partial charge is 0.489 e. The van der Waals surface area contributed by atoms with Crippen molar-refractivity contribution in [1.29, 1.82) is 0 Å². The molecule has 0 heterocycles. The third-order valence-corrected chi connectivity index (χ3v) is 7.60. The van der Waals surface area contributed by atoms with Gasteiger partial charge in [0.15, 0.2) is 0 Å². The van der Waals surface area contributed by atoms with Crippen LogP contribution in [0.25, 0.3) is 0 Å². The summed E-state index contributed by atoms with van der Waals surface area (Å²) in [6.07, 6.45) is 7.73. The van der Waals surface area contributed by atoms with Crippen molar-refractivity contribution in [2.24, 2.45) is 5.41 Å². The maximum Gasteiger partial charge on any atom is 0.123 e. The Bertz CT molecular complexity index is 780. The fourth-order valence-corrected chi connectivity index (χ4v) is 5.28. The molecule has 0 amide bonds. The van der Waals surface area contributed by atoms with Gasteiger partial charge in [-0.25, -0.2) is 0 Å². The van der Waals surface area contributed by atoms with Gasteiger partial charge < -0.3 is 4.74 Å². The molecule has 0 saturated carbocycles. The fraction of sp³-hybridized carbons (Fsp3) is 0.520. The van der Waals surface area contributed by atoms with Crippen molar-refractivity contribution >= 4 is 13.3 Å². The Hall–Kier alpha value is -1.54. The average molecular weight is 383 g/mol. The van der Waals surface area contributed by atoms with E-state index in [-0.39, 0.29) is 10.8 Å². The highest BCUT2D eigenvalue weighted by atomic mass is 28.3. The first kappa shape index (κ1) is 21.8. The molecule has 1 aliphatic carbocycles. The zero-order valence-corrected chi connectivity index (χ0v) is 19.9. The lowest BCUT2D eigenvalue weighted by Crippen LogP contribution is -2.40. The van der Waals surface area contributed by atoms with E-state index >= 15 is 0 Å². The summed E-state index contributed by atoms with van der Waals surface area (Å²) in [6.45, 7) is 25.4. The zero-order valence-electron chi connectivity index (χ0n) is 18.9. The van der Waals surface area contributed by atoms with Gasteiger partial charge in [0.2, 0.25) is 0 Å². The van der Waals surface area contributed by atoms with Crippen LogP contribution in [0.3, 0.4) is 0 Å². The molecule has 0 aromatic heterocycles. The SMILES string of the molecule is C=CCOc1c(C(C)(C)C2=CCC(C(C)(C)C)=C2)cc(C)cc1[Si](C)(C)C. The van der Waals surface area contributed by atoms with Gasteiger partial charge in [0.05, 0.1) is 8.07 Å². The van der Waals surface area contributed by atoms with Crippen molar-refractivity contribution in [2.45, 2.75) is 73.0 Å². The van der Waals surface area contributed by atoms with E-state index < -0.39 is 8.07 Å². The van der Waals surface area contributed by atoms with Crippen molar-refractivity contribution in [1.82, 2.24) is 0 Å². The number of benzene rings is 1. The Morgan fingerprint density at radius 3 is 2.22 bits per heavy atom. The fourth-order valence-electron chi connectivity index (χ4n) is 3.73. The van der Waals surface area contributed by atoms with E-state index in [1.165, 1.54) is 27.5 Å². The molecular formula is C25H38OSi. The van der Waals surface area contributed by atoms with E-state index in [4.69, 9.17) is 4.74 Å². The number of allylic oxidation sites excluding steroid dienone is 4. The second kappa shape index (κ2) is 7.47. The molecule has 0 fully saturated rings. The molecule has 0 atom stereocenters. The van der Waals surface area contributed by atoms with Gasteiger partial charge in [-0.2, -0.15) is 0 Å². The molecule has 1 aromatic carbocycles. The third kappa shape index (κ3) is 4.66. The van der Waals surface area contributed by atoms with Gasteiger partial charge in [-0.05, 0) is 29.5 Å². The van der Waals surface area contributed by atoms with Crippen molar-refractivity contribution in [3.8, 4) is 5.75 Å². The maximum absolute atomic E-state index is 6.31. The van der Waals surface area contributed by atoms with Crippen LogP contribution in [0.5, 0.6) is 5.75 Å².